The topological polar surface area (TPSA) is 58.4 Å². The van der Waals surface area contributed by atoms with Crippen molar-refractivity contribution in [3.63, 3.8) is 0 Å². The summed E-state index contributed by atoms with van der Waals surface area (Å²) in [5, 5.41) is 8.13. The maximum atomic E-state index is 13.4. The van der Waals surface area contributed by atoms with Crippen LogP contribution in [0.1, 0.15) is 48.8 Å². The quantitative estimate of drug-likeness (QED) is 0.685. The van der Waals surface area contributed by atoms with E-state index in [1.54, 1.807) is 6.07 Å². The van der Waals surface area contributed by atoms with Gasteiger partial charge in [0.25, 0.3) is 0 Å². The van der Waals surface area contributed by atoms with Crippen molar-refractivity contribution < 1.29 is 13.7 Å². The van der Waals surface area contributed by atoms with Gasteiger partial charge in [0.2, 0.25) is 5.91 Å². The lowest BCUT2D eigenvalue weighted by molar-refractivity contribution is -0.117. The molecule has 2 aliphatic heterocycles. The maximum Gasteiger partial charge on any atom is 0.232 e. The molecule has 1 fully saturated rings. The van der Waals surface area contributed by atoms with Crippen LogP contribution in [0.25, 0.3) is 11.0 Å². The van der Waals surface area contributed by atoms with Gasteiger partial charge in [-0.3, -0.25) is 4.79 Å². The van der Waals surface area contributed by atoms with E-state index in [2.05, 4.69) is 21.4 Å². The van der Waals surface area contributed by atoms with Crippen LogP contribution in [0.2, 0.25) is 0 Å². The number of likely N-dealkylation sites (tertiary alicyclic amines) is 1. The van der Waals surface area contributed by atoms with Crippen LogP contribution < -0.4 is 5.32 Å². The van der Waals surface area contributed by atoms with Gasteiger partial charge in [-0.05, 0) is 69.1 Å². The molecule has 0 bridgehead atoms. The smallest absolute Gasteiger partial charge is 0.232 e. The van der Waals surface area contributed by atoms with Crippen LogP contribution in [0.5, 0.6) is 0 Å². The third-order valence-corrected chi connectivity index (χ3v) is 6.31. The number of carbonyl (C=O) groups is 1. The van der Waals surface area contributed by atoms with Crippen LogP contribution in [0.3, 0.4) is 0 Å². The van der Waals surface area contributed by atoms with Crippen molar-refractivity contribution in [2.45, 2.75) is 37.5 Å². The summed E-state index contributed by atoms with van der Waals surface area (Å²) >= 11 is 0. The van der Waals surface area contributed by atoms with Crippen LogP contribution in [0.4, 0.5) is 10.1 Å². The summed E-state index contributed by atoms with van der Waals surface area (Å²) in [5.74, 6) is 0.156. The first-order valence-corrected chi connectivity index (χ1v) is 10.4. The molecule has 5 rings (SSSR count). The summed E-state index contributed by atoms with van der Waals surface area (Å²) < 4.78 is 18.7. The number of halogens is 1. The second-order valence-electron chi connectivity index (χ2n) is 8.10. The molecule has 2 aromatic carbocycles. The fourth-order valence-corrected chi connectivity index (χ4v) is 4.74. The highest BCUT2D eigenvalue weighted by Crippen LogP contribution is 2.36. The lowest BCUT2D eigenvalue weighted by Crippen LogP contribution is -2.34. The van der Waals surface area contributed by atoms with Gasteiger partial charge in [-0.25, -0.2) is 4.39 Å². The second-order valence-corrected chi connectivity index (χ2v) is 8.10. The number of hydrogen-bond donors (Lipinski definition) is 1. The third kappa shape index (κ3) is 3.53. The van der Waals surface area contributed by atoms with Gasteiger partial charge in [0.1, 0.15) is 5.82 Å². The Hall–Kier alpha value is -2.73. The van der Waals surface area contributed by atoms with E-state index in [0.29, 0.717) is 11.5 Å². The molecule has 3 aromatic rings. The minimum Gasteiger partial charge on any atom is -0.356 e. The number of fused-ring (bicyclic) bond motifs is 2. The van der Waals surface area contributed by atoms with E-state index >= 15 is 0 Å². The van der Waals surface area contributed by atoms with Gasteiger partial charge in [-0.2, -0.15) is 0 Å². The number of anilines is 1. The number of para-hydroxylation sites is 1. The number of benzene rings is 2. The molecule has 1 amide bonds. The average Bonchev–Trinajstić information content (AvgIpc) is 3.29. The zero-order valence-electron chi connectivity index (χ0n) is 16.2. The molecule has 1 unspecified atom stereocenters. The van der Waals surface area contributed by atoms with Crippen molar-refractivity contribution in [3.05, 3.63) is 59.5 Å². The van der Waals surface area contributed by atoms with E-state index in [9.17, 15) is 9.18 Å². The Bertz CT molecular complexity index is 1040. The summed E-state index contributed by atoms with van der Waals surface area (Å²) in [6.45, 7) is 3.02. The van der Waals surface area contributed by atoms with Crippen molar-refractivity contribution in [1.82, 2.24) is 10.1 Å². The summed E-state index contributed by atoms with van der Waals surface area (Å²) in [6, 6.07) is 12.6. The van der Waals surface area contributed by atoms with Crippen LogP contribution in [-0.4, -0.2) is 35.6 Å². The molecule has 3 heterocycles. The van der Waals surface area contributed by atoms with Crippen molar-refractivity contribution in [1.29, 1.82) is 0 Å². The molecule has 1 N–H and O–H groups in total. The minimum atomic E-state index is -0.298. The van der Waals surface area contributed by atoms with Gasteiger partial charge in [-0.1, -0.05) is 23.4 Å². The fraction of sp³-hybridized carbons (Fsp3) is 0.391. The Morgan fingerprint density at radius 3 is 2.86 bits per heavy atom. The monoisotopic (exact) mass is 393 g/mol. The van der Waals surface area contributed by atoms with Gasteiger partial charge in [-0.15, -0.1) is 0 Å². The molecular weight excluding hydrogens is 369 g/mol. The molecule has 0 saturated carbocycles. The molecule has 2 aliphatic rings. The van der Waals surface area contributed by atoms with Gasteiger partial charge in [0.05, 0.1) is 11.6 Å². The molecule has 1 atom stereocenters. The standard InChI is InChI=1S/C23H24FN3O2/c24-16-7-8-19-21(14-16)29-26-22(19)15-9-12-27(13-10-15)11-3-5-18-17-4-1-2-6-20(17)25-23(18)28/h1-2,4,6-8,14-15,18H,3,5,9-13H2,(H,25,28). The Labute approximate surface area is 168 Å². The van der Waals surface area contributed by atoms with E-state index < -0.39 is 0 Å². The molecule has 5 nitrogen and oxygen atoms in total. The largest absolute Gasteiger partial charge is 0.356 e. The first-order valence-electron chi connectivity index (χ1n) is 10.4. The van der Waals surface area contributed by atoms with E-state index in [1.165, 1.54) is 12.1 Å². The first kappa shape index (κ1) is 18.3. The molecule has 1 saturated heterocycles. The van der Waals surface area contributed by atoms with Gasteiger partial charge < -0.3 is 14.7 Å². The Kier molecular flexibility index (Phi) is 4.79. The first-order chi connectivity index (χ1) is 14.2. The third-order valence-electron chi connectivity index (χ3n) is 6.31. The SMILES string of the molecule is O=C1Nc2ccccc2C1CCCN1CCC(c2noc3cc(F)ccc23)CC1. The van der Waals surface area contributed by atoms with Crippen LogP contribution in [-0.2, 0) is 4.79 Å². The number of piperidine rings is 1. The predicted octanol–water partition coefficient (Wildman–Crippen LogP) is 4.66. The molecule has 0 spiro atoms. The van der Waals surface area contributed by atoms with Crippen molar-refractivity contribution in [2.24, 2.45) is 0 Å². The number of amides is 1. The molecule has 1 aromatic heterocycles. The van der Waals surface area contributed by atoms with Gasteiger partial charge in [0.15, 0.2) is 5.58 Å². The highest BCUT2D eigenvalue weighted by atomic mass is 19.1. The molecule has 0 aliphatic carbocycles. The van der Waals surface area contributed by atoms with Crippen molar-refractivity contribution in [2.75, 3.05) is 25.0 Å². The predicted molar refractivity (Wildman–Crippen MR) is 109 cm³/mol. The Balaban J connectivity index is 1.14. The highest BCUT2D eigenvalue weighted by Gasteiger charge is 2.30. The zero-order chi connectivity index (χ0) is 19.8. The maximum absolute atomic E-state index is 13.4. The molecule has 6 heteroatoms. The Morgan fingerprint density at radius 2 is 2.00 bits per heavy atom. The van der Waals surface area contributed by atoms with Crippen LogP contribution in [0, 0.1) is 5.82 Å². The van der Waals surface area contributed by atoms with E-state index in [0.717, 1.165) is 67.6 Å². The molecule has 150 valence electrons. The molecular formula is C23H24FN3O2. The normalized spacial score (nSPS) is 20.2. The van der Waals surface area contributed by atoms with Gasteiger partial charge in [0, 0.05) is 23.1 Å². The van der Waals surface area contributed by atoms with Crippen LogP contribution >= 0.6 is 0 Å². The minimum absolute atomic E-state index is 0.0226. The van der Waals surface area contributed by atoms with Crippen LogP contribution in [0.15, 0.2) is 47.0 Å². The lowest BCUT2D eigenvalue weighted by Gasteiger charge is -2.31. The van der Waals surface area contributed by atoms with Crippen molar-refractivity contribution >= 4 is 22.6 Å². The molecule has 0 radical (unpaired) electrons. The summed E-state index contributed by atoms with van der Waals surface area (Å²) in [7, 11) is 0. The van der Waals surface area contributed by atoms with Gasteiger partial charge >= 0.3 is 0 Å². The number of nitrogens with zero attached hydrogens (tertiary/aromatic N) is 2. The van der Waals surface area contributed by atoms with E-state index in [1.807, 2.05) is 18.2 Å². The number of carbonyl (C=O) groups excluding carboxylic acids is 1. The zero-order valence-corrected chi connectivity index (χ0v) is 16.2. The Morgan fingerprint density at radius 1 is 1.17 bits per heavy atom. The highest BCUT2D eigenvalue weighted by molar-refractivity contribution is 6.02. The molecule has 29 heavy (non-hydrogen) atoms. The summed E-state index contributed by atoms with van der Waals surface area (Å²) in [6.07, 6.45) is 3.92. The number of nitrogens with one attached hydrogen (secondary N) is 1. The fourth-order valence-electron chi connectivity index (χ4n) is 4.74. The van der Waals surface area contributed by atoms with Crippen molar-refractivity contribution in [3.8, 4) is 0 Å². The lowest BCUT2D eigenvalue weighted by atomic mass is 9.91. The average molecular weight is 393 g/mol. The summed E-state index contributed by atoms with van der Waals surface area (Å²) in [5.41, 5.74) is 3.57. The number of rotatable bonds is 5. The van der Waals surface area contributed by atoms with E-state index in [4.69, 9.17) is 4.52 Å². The second kappa shape index (κ2) is 7.59. The number of aromatic nitrogens is 1. The van der Waals surface area contributed by atoms with E-state index in [-0.39, 0.29) is 17.6 Å². The summed E-state index contributed by atoms with van der Waals surface area (Å²) in [4.78, 5) is 14.7. The number of hydrogen-bond acceptors (Lipinski definition) is 4.